The van der Waals surface area contributed by atoms with Crippen LogP contribution in [0.1, 0.15) is 16.9 Å². The highest BCUT2D eigenvalue weighted by molar-refractivity contribution is 7.20. The lowest BCUT2D eigenvalue weighted by atomic mass is 10.0. The van der Waals surface area contributed by atoms with Crippen molar-refractivity contribution in [1.82, 2.24) is 9.13 Å². The molecule has 0 unspecified atom stereocenters. The molecular formula is C42H28N2S. The van der Waals surface area contributed by atoms with Crippen LogP contribution in [0.2, 0.25) is 0 Å². The van der Waals surface area contributed by atoms with Crippen molar-refractivity contribution in [2.45, 2.75) is 12.8 Å². The van der Waals surface area contributed by atoms with Gasteiger partial charge in [0.25, 0.3) is 0 Å². The van der Waals surface area contributed by atoms with Gasteiger partial charge in [-0.05, 0) is 108 Å². The van der Waals surface area contributed by atoms with Gasteiger partial charge in [0.2, 0.25) is 0 Å². The maximum absolute atomic E-state index is 2.45. The van der Waals surface area contributed by atoms with Crippen LogP contribution in [0, 0.1) is 0 Å². The fraction of sp³-hybridized carbons (Fsp3) is 0.0476. The SMILES string of the molecule is C1=Cc2sc3ccc(-n4c5ccccc5c5cc(-c6ccc7c(c6)c6ccccc6n7-c6ccccc6)ccc54)cc3c2CC1. The summed E-state index contributed by atoms with van der Waals surface area (Å²) in [6, 6.07) is 49.2. The molecule has 0 aliphatic heterocycles. The van der Waals surface area contributed by atoms with Crippen molar-refractivity contribution < 1.29 is 0 Å². The van der Waals surface area contributed by atoms with E-state index in [1.807, 2.05) is 11.3 Å². The Kier molecular flexibility index (Phi) is 5.31. The lowest BCUT2D eigenvalue weighted by Gasteiger charge is -2.10. The summed E-state index contributed by atoms with van der Waals surface area (Å²) in [6.45, 7) is 0. The van der Waals surface area contributed by atoms with Gasteiger partial charge in [-0.25, -0.2) is 0 Å². The van der Waals surface area contributed by atoms with Gasteiger partial charge in [0.1, 0.15) is 0 Å². The molecule has 0 spiro atoms. The standard InChI is InChI=1S/C42H28N2S/c1-2-10-29(11-3-1)43-37-15-7-4-12-31(37)34-24-27(18-21-39(34)43)28-19-22-40-35(25-28)32-13-5-8-16-38(32)44(40)30-20-23-42-36(26-30)33-14-6-9-17-41(33)45-42/h1-5,7-13,15-26H,6,14H2. The minimum absolute atomic E-state index is 1.12. The quantitative estimate of drug-likeness (QED) is 0.193. The largest absolute Gasteiger partial charge is 0.309 e. The molecule has 1 aliphatic carbocycles. The second kappa shape index (κ2) is 9.56. The van der Waals surface area contributed by atoms with E-state index in [0.717, 1.165) is 12.8 Å². The summed E-state index contributed by atoms with van der Waals surface area (Å²) in [6.07, 6.45) is 6.87. The Hall–Kier alpha value is -5.38. The minimum Gasteiger partial charge on any atom is -0.309 e. The van der Waals surface area contributed by atoms with E-state index in [-0.39, 0.29) is 0 Å². The van der Waals surface area contributed by atoms with Gasteiger partial charge in [0, 0.05) is 42.5 Å². The first-order chi connectivity index (χ1) is 22.3. The van der Waals surface area contributed by atoms with Crippen LogP contribution in [0.25, 0.3) is 82.3 Å². The van der Waals surface area contributed by atoms with Crippen LogP contribution in [0.5, 0.6) is 0 Å². The topological polar surface area (TPSA) is 9.86 Å². The molecule has 0 atom stereocenters. The number of para-hydroxylation sites is 3. The van der Waals surface area contributed by atoms with Gasteiger partial charge in [-0.3, -0.25) is 0 Å². The van der Waals surface area contributed by atoms with Gasteiger partial charge in [0.15, 0.2) is 0 Å². The van der Waals surface area contributed by atoms with Crippen molar-refractivity contribution in [2.75, 3.05) is 0 Å². The van der Waals surface area contributed by atoms with Crippen LogP contribution >= 0.6 is 11.3 Å². The Balaban J connectivity index is 1.17. The normalized spacial score (nSPS) is 13.1. The summed E-state index contributed by atoms with van der Waals surface area (Å²) < 4.78 is 6.21. The van der Waals surface area contributed by atoms with E-state index < -0.39 is 0 Å². The van der Waals surface area contributed by atoms with Crippen LogP contribution in [-0.4, -0.2) is 9.13 Å². The molecule has 45 heavy (non-hydrogen) atoms. The number of allylic oxidation sites excluding steroid dienone is 1. The van der Waals surface area contributed by atoms with Gasteiger partial charge < -0.3 is 9.13 Å². The molecule has 2 nitrogen and oxygen atoms in total. The molecule has 0 saturated carbocycles. The van der Waals surface area contributed by atoms with Gasteiger partial charge >= 0.3 is 0 Å². The summed E-state index contributed by atoms with van der Waals surface area (Å²) >= 11 is 1.92. The smallest absolute Gasteiger partial charge is 0.0541 e. The van der Waals surface area contributed by atoms with Gasteiger partial charge in [0.05, 0.1) is 22.1 Å². The van der Waals surface area contributed by atoms with Crippen molar-refractivity contribution in [1.29, 1.82) is 0 Å². The highest BCUT2D eigenvalue weighted by Gasteiger charge is 2.18. The molecule has 3 heterocycles. The molecule has 9 aromatic rings. The first kappa shape index (κ1) is 25.0. The van der Waals surface area contributed by atoms with Crippen molar-refractivity contribution in [3.63, 3.8) is 0 Å². The number of benzene rings is 6. The molecule has 3 aromatic heterocycles. The van der Waals surface area contributed by atoms with Crippen LogP contribution in [0.15, 0.2) is 140 Å². The van der Waals surface area contributed by atoms with Crippen LogP contribution in [0.3, 0.4) is 0 Å². The minimum atomic E-state index is 1.12. The summed E-state index contributed by atoms with van der Waals surface area (Å²) in [5.41, 5.74) is 11.3. The van der Waals surface area contributed by atoms with Crippen molar-refractivity contribution in [3.05, 3.63) is 150 Å². The highest BCUT2D eigenvalue weighted by Crippen LogP contribution is 2.40. The monoisotopic (exact) mass is 592 g/mol. The molecule has 0 radical (unpaired) electrons. The lowest BCUT2D eigenvalue weighted by molar-refractivity contribution is 1.01. The van der Waals surface area contributed by atoms with Gasteiger partial charge in [-0.15, -0.1) is 11.3 Å². The summed E-state index contributed by atoms with van der Waals surface area (Å²) in [5, 5.41) is 6.52. The average Bonchev–Trinajstić information content (AvgIpc) is 3.75. The van der Waals surface area contributed by atoms with Gasteiger partial charge in [-0.2, -0.15) is 0 Å². The number of nitrogens with zero attached hydrogens (tertiary/aromatic N) is 2. The maximum atomic E-state index is 2.45. The Morgan fingerprint density at radius 1 is 0.467 bits per heavy atom. The molecule has 0 amide bonds. The molecule has 0 N–H and O–H groups in total. The third-order valence-electron chi connectivity index (χ3n) is 9.59. The summed E-state index contributed by atoms with van der Waals surface area (Å²) in [7, 11) is 0. The molecule has 3 heteroatoms. The fourth-order valence-corrected chi connectivity index (χ4v) is 8.71. The molecule has 212 valence electrons. The van der Waals surface area contributed by atoms with Crippen molar-refractivity contribution in [2.24, 2.45) is 0 Å². The summed E-state index contributed by atoms with van der Waals surface area (Å²) in [5.74, 6) is 0. The Labute approximate surface area is 264 Å². The van der Waals surface area contributed by atoms with E-state index in [4.69, 9.17) is 0 Å². The zero-order valence-corrected chi connectivity index (χ0v) is 25.4. The van der Waals surface area contributed by atoms with E-state index in [1.54, 1.807) is 0 Å². The van der Waals surface area contributed by atoms with Crippen molar-refractivity contribution >= 4 is 71.1 Å². The van der Waals surface area contributed by atoms with E-state index in [9.17, 15) is 0 Å². The average molecular weight is 593 g/mol. The first-order valence-corrected chi connectivity index (χ1v) is 16.5. The first-order valence-electron chi connectivity index (χ1n) is 15.7. The third kappa shape index (κ3) is 3.68. The zero-order chi connectivity index (χ0) is 29.5. The Bertz CT molecular complexity index is 2650. The Morgan fingerprint density at radius 2 is 1.07 bits per heavy atom. The number of thiophene rings is 1. The number of hydrogen-bond donors (Lipinski definition) is 0. The Morgan fingerprint density at radius 3 is 1.76 bits per heavy atom. The number of aromatic nitrogens is 2. The molecule has 1 aliphatic rings. The van der Waals surface area contributed by atoms with Crippen LogP contribution in [0.4, 0.5) is 0 Å². The highest BCUT2D eigenvalue weighted by atomic mass is 32.1. The van der Waals surface area contributed by atoms with Gasteiger partial charge in [-0.1, -0.05) is 72.8 Å². The number of hydrogen-bond acceptors (Lipinski definition) is 1. The number of fused-ring (bicyclic) bond motifs is 9. The third-order valence-corrected chi connectivity index (χ3v) is 10.8. The molecule has 0 bridgehead atoms. The second-order valence-electron chi connectivity index (χ2n) is 12.1. The van der Waals surface area contributed by atoms with Crippen LogP contribution < -0.4 is 0 Å². The maximum Gasteiger partial charge on any atom is 0.0541 e. The van der Waals surface area contributed by atoms with E-state index in [0.29, 0.717) is 0 Å². The van der Waals surface area contributed by atoms with E-state index >= 15 is 0 Å². The lowest BCUT2D eigenvalue weighted by Crippen LogP contribution is -1.94. The number of rotatable bonds is 3. The van der Waals surface area contributed by atoms with E-state index in [2.05, 4.69) is 155 Å². The molecule has 0 saturated heterocycles. The van der Waals surface area contributed by atoms with Crippen LogP contribution in [-0.2, 0) is 6.42 Å². The fourth-order valence-electron chi connectivity index (χ4n) is 7.54. The predicted octanol–water partition coefficient (Wildman–Crippen LogP) is 11.7. The number of aryl methyl sites for hydroxylation is 1. The molecule has 6 aromatic carbocycles. The predicted molar refractivity (Wildman–Crippen MR) is 193 cm³/mol. The zero-order valence-electron chi connectivity index (χ0n) is 24.6. The second-order valence-corrected chi connectivity index (χ2v) is 13.2. The van der Waals surface area contributed by atoms with Crippen molar-refractivity contribution in [3.8, 4) is 22.5 Å². The van der Waals surface area contributed by atoms with E-state index in [1.165, 1.54) is 86.6 Å². The molecule has 10 rings (SSSR count). The molecule has 0 fully saturated rings. The summed E-state index contributed by atoms with van der Waals surface area (Å²) in [4.78, 5) is 1.42. The molecular weight excluding hydrogens is 565 g/mol.